The Morgan fingerprint density at radius 3 is 2.68 bits per heavy atom. The topological polar surface area (TPSA) is 82.0 Å². The molecule has 3 heterocycles. The molecule has 1 amide bonds. The fourth-order valence-electron chi connectivity index (χ4n) is 2.81. The van der Waals surface area contributed by atoms with E-state index in [0.29, 0.717) is 29.1 Å². The number of aromatic nitrogens is 2. The van der Waals surface area contributed by atoms with Crippen molar-refractivity contribution in [2.24, 2.45) is 5.73 Å². The molecular formula is C20H15N3O2. The van der Waals surface area contributed by atoms with Crippen LogP contribution in [-0.4, -0.2) is 15.9 Å². The Hall–Kier alpha value is -3.47. The molecule has 0 unspecified atom stereocenters. The molecule has 0 saturated carbocycles. The Kier molecular flexibility index (Phi) is 3.74. The molecule has 0 atom stereocenters. The lowest BCUT2D eigenvalue weighted by Crippen LogP contribution is -2.15. The number of nitrogens with two attached hydrogens (primary N) is 1. The van der Waals surface area contributed by atoms with Crippen LogP contribution < -0.4 is 5.73 Å². The van der Waals surface area contributed by atoms with Crippen molar-refractivity contribution in [3.8, 4) is 11.1 Å². The van der Waals surface area contributed by atoms with E-state index >= 15 is 0 Å². The van der Waals surface area contributed by atoms with Crippen LogP contribution in [0.25, 0.3) is 22.2 Å². The van der Waals surface area contributed by atoms with E-state index in [4.69, 9.17) is 10.2 Å². The average Bonchev–Trinajstić information content (AvgIpc) is 3.10. The van der Waals surface area contributed by atoms with Crippen molar-refractivity contribution in [2.45, 2.75) is 6.42 Å². The third kappa shape index (κ3) is 2.99. The molecule has 0 aliphatic carbocycles. The summed E-state index contributed by atoms with van der Waals surface area (Å²) in [4.78, 5) is 20.6. The van der Waals surface area contributed by atoms with Gasteiger partial charge in [-0.2, -0.15) is 0 Å². The molecule has 1 aromatic carbocycles. The number of nitrogens with zero attached hydrogens (tertiary/aromatic N) is 2. The molecule has 4 rings (SSSR count). The first kappa shape index (κ1) is 15.1. The van der Waals surface area contributed by atoms with Gasteiger partial charge >= 0.3 is 0 Å². The highest BCUT2D eigenvalue weighted by molar-refractivity contribution is 5.97. The lowest BCUT2D eigenvalue weighted by molar-refractivity contribution is 0.0999. The number of primary amides is 1. The Balaban J connectivity index is 1.72. The molecule has 2 N–H and O–H groups in total. The molecule has 0 bridgehead atoms. The van der Waals surface area contributed by atoms with Gasteiger partial charge in [0.15, 0.2) is 5.65 Å². The summed E-state index contributed by atoms with van der Waals surface area (Å²) in [6.45, 7) is 0. The van der Waals surface area contributed by atoms with Crippen LogP contribution in [0.5, 0.6) is 0 Å². The highest BCUT2D eigenvalue weighted by Gasteiger charge is 2.15. The molecule has 0 aliphatic heterocycles. The molecule has 0 saturated heterocycles. The van der Waals surface area contributed by atoms with Crippen molar-refractivity contribution in [2.75, 3.05) is 0 Å². The van der Waals surface area contributed by atoms with Gasteiger partial charge in [-0.1, -0.05) is 30.3 Å². The van der Waals surface area contributed by atoms with Gasteiger partial charge in [0.25, 0.3) is 5.91 Å². The SMILES string of the molecule is NC(=O)c1cc2cccnc2nc1Cc1cc(-c2ccccc2)co1. The van der Waals surface area contributed by atoms with E-state index < -0.39 is 5.91 Å². The minimum absolute atomic E-state index is 0.373. The molecule has 5 nitrogen and oxygen atoms in total. The van der Waals surface area contributed by atoms with Crippen LogP contribution in [0, 0.1) is 0 Å². The highest BCUT2D eigenvalue weighted by Crippen LogP contribution is 2.24. The molecule has 4 aromatic rings. The van der Waals surface area contributed by atoms with Crippen LogP contribution in [-0.2, 0) is 6.42 Å². The maximum atomic E-state index is 11.8. The van der Waals surface area contributed by atoms with E-state index in [1.54, 1.807) is 24.6 Å². The first-order chi connectivity index (χ1) is 12.2. The maximum absolute atomic E-state index is 11.8. The van der Waals surface area contributed by atoms with Crippen molar-refractivity contribution in [1.29, 1.82) is 0 Å². The van der Waals surface area contributed by atoms with Crippen LogP contribution in [0.4, 0.5) is 0 Å². The summed E-state index contributed by atoms with van der Waals surface area (Å²) in [5.74, 6) is 0.201. The third-order valence-electron chi connectivity index (χ3n) is 4.04. The van der Waals surface area contributed by atoms with E-state index in [1.165, 1.54) is 0 Å². The average molecular weight is 329 g/mol. The predicted molar refractivity (Wildman–Crippen MR) is 95.0 cm³/mol. The number of pyridine rings is 2. The Labute approximate surface area is 144 Å². The fraction of sp³-hybridized carbons (Fsp3) is 0.0500. The normalized spacial score (nSPS) is 10.9. The summed E-state index contributed by atoms with van der Waals surface area (Å²) in [6.07, 6.45) is 3.75. The summed E-state index contributed by atoms with van der Waals surface area (Å²) in [5.41, 5.74) is 9.11. The van der Waals surface area contributed by atoms with E-state index in [-0.39, 0.29) is 0 Å². The first-order valence-electron chi connectivity index (χ1n) is 7.88. The van der Waals surface area contributed by atoms with E-state index in [0.717, 1.165) is 16.5 Å². The van der Waals surface area contributed by atoms with Crippen molar-refractivity contribution < 1.29 is 9.21 Å². The van der Waals surface area contributed by atoms with Gasteiger partial charge in [-0.3, -0.25) is 4.79 Å². The zero-order valence-electron chi connectivity index (χ0n) is 13.3. The second kappa shape index (κ2) is 6.20. The number of rotatable bonds is 4. The largest absolute Gasteiger partial charge is 0.468 e. The van der Waals surface area contributed by atoms with Crippen LogP contribution in [0.1, 0.15) is 21.8 Å². The first-order valence-corrected chi connectivity index (χ1v) is 7.88. The van der Waals surface area contributed by atoms with E-state index in [2.05, 4.69) is 9.97 Å². The summed E-state index contributed by atoms with van der Waals surface area (Å²) in [5, 5.41) is 0.782. The smallest absolute Gasteiger partial charge is 0.250 e. The quantitative estimate of drug-likeness (QED) is 0.620. The molecule has 3 aromatic heterocycles. The molecular weight excluding hydrogens is 314 g/mol. The molecule has 0 aliphatic rings. The second-order valence-electron chi connectivity index (χ2n) is 5.74. The summed E-state index contributed by atoms with van der Waals surface area (Å²) >= 11 is 0. The van der Waals surface area contributed by atoms with Crippen molar-refractivity contribution in [3.05, 3.63) is 84.1 Å². The van der Waals surface area contributed by atoms with Gasteiger partial charge in [0.2, 0.25) is 0 Å². The number of amides is 1. The van der Waals surface area contributed by atoms with Gasteiger partial charge in [0, 0.05) is 23.6 Å². The second-order valence-corrected chi connectivity index (χ2v) is 5.74. The fourth-order valence-corrected chi connectivity index (χ4v) is 2.81. The van der Waals surface area contributed by atoms with Crippen molar-refractivity contribution >= 4 is 16.9 Å². The molecule has 0 spiro atoms. The monoisotopic (exact) mass is 329 g/mol. The lowest BCUT2D eigenvalue weighted by Gasteiger charge is -2.06. The number of furan rings is 1. The van der Waals surface area contributed by atoms with E-state index in [9.17, 15) is 4.79 Å². The summed E-state index contributed by atoms with van der Waals surface area (Å²) in [7, 11) is 0. The van der Waals surface area contributed by atoms with Crippen LogP contribution in [0.2, 0.25) is 0 Å². The standard InChI is InChI=1S/C20H15N3O2/c21-19(24)17-10-14-7-4-8-22-20(14)23-18(17)11-16-9-15(12-25-16)13-5-2-1-3-6-13/h1-10,12H,11H2,(H2,21,24). The van der Waals surface area contributed by atoms with Gasteiger partial charge in [-0.25, -0.2) is 9.97 Å². The molecule has 5 heteroatoms. The number of hydrogen-bond acceptors (Lipinski definition) is 4. The Morgan fingerprint density at radius 1 is 1.04 bits per heavy atom. The minimum Gasteiger partial charge on any atom is -0.468 e. The van der Waals surface area contributed by atoms with Crippen LogP contribution in [0.15, 0.2) is 71.5 Å². The molecule has 0 radical (unpaired) electrons. The van der Waals surface area contributed by atoms with Gasteiger partial charge in [-0.15, -0.1) is 0 Å². The van der Waals surface area contributed by atoms with Gasteiger partial charge < -0.3 is 10.2 Å². The minimum atomic E-state index is -0.511. The predicted octanol–water partition coefficient (Wildman–Crippen LogP) is 3.58. The number of fused-ring (bicyclic) bond motifs is 1. The van der Waals surface area contributed by atoms with Crippen LogP contribution >= 0.6 is 0 Å². The van der Waals surface area contributed by atoms with Crippen molar-refractivity contribution in [3.63, 3.8) is 0 Å². The zero-order valence-corrected chi connectivity index (χ0v) is 13.3. The summed E-state index contributed by atoms with van der Waals surface area (Å²) < 4.78 is 5.66. The number of hydrogen-bond donors (Lipinski definition) is 1. The Morgan fingerprint density at radius 2 is 1.88 bits per heavy atom. The van der Waals surface area contributed by atoms with Gasteiger partial charge in [0.1, 0.15) is 5.76 Å². The maximum Gasteiger partial charge on any atom is 0.250 e. The third-order valence-corrected chi connectivity index (χ3v) is 4.04. The molecule has 122 valence electrons. The molecule has 0 fully saturated rings. The number of carbonyl (C=O) groups excluding carboxylic acids is 1. The number of carbonyl (C=O) groups is 1. The number of benzene rings is 1. The zero-order chi connectivity index (χ0) is 17.2. The highest BCUT2D eigenvalue weighted by atomic mass is 16.3. The molecule has 25 heavy (non-hydrogen) atoms. The van der Waals surface area contributed by atoms with Gasteiger partial charge in [-0.05, 0) is 29.8 Å². The lowest BCUT2D eigenvalue weighted by atomic mass is 10.1. The van der Waals surface area contributed by atoms with E-state index in [1.807, 2.05) is 42.5 Å². The van der Waals surface area contributed by atoms with Crippen LogP contribution in [0.3, 0.4) is 0 Å². The summed E-state index contributed by atoms with van der Waals surface area (Å²) in [6, 6.07) is 17.3. The Bertz CT molecular complexity index is 1050. The van der Waals surface area contributed by atoms with Crippen molar-refractivity contribution in [1.82, 2.24) is 9.97 Å². The van der Waals surface area contributed by atoms with Gasteiger partial charge in [0.05, 0.1) is 17.5 Å².